The maximum absolute atomic E-state index is 13.0. The Morgan fingerprint density at radius 1 is 1.46 bits per heavy atom. The van der Waals surface area contributed by atoms with E-state index in [-0.39, 0.29) is 11.9 Å². The fourth-order valence-electron chi connectivity index (χ4n) is 3.41. The minimum Gasteiger partial charge on any atom is -0.467 e. The number of carbonyl (C=O) groups is 1. The fraction of sp³-hybridized carbons (Fsp3) is 0.556. The Hall–Kier alpha value is -2.08. The van der Waals surface area contributed by atoms with Gasteiger partial charge >= 0.3 is 0 Å². The smallest absolute Gasteiger partial charge is 0.257 e. The van der Waals surface area contributed by atoms with Crippen molar-refractivity contribution < 1.29 is 14.3 Å². The van der Waals surface area contributed by atoms with Crippen LogP contribution in [0.25, 0.3) is 0 Å². The Labute approximate surface area is 142 Å². The number of hydrogen-bond donors (Lipinski definition) is 1. The Kier molecular flexibility index (Phi) is 5.04. The lowest BCUT2D eigenvalue weighted by atomic mass is 10.0. The Morgan fingerprint density at radius 2 is 2.29 bits per heavy atom. The molecular weight excluding hydrogens is 306 g/mol. The van der Waals surface area contributed by atoms with Gasteiger partial charge in [0.15, 0.2) is 0 Å². The van der Waals surface area contributed by atoms with Gasteiger partial charge in [0.2, 0.25) is 0 Å². The van der Waals surface area contributed by atoms with Crippen molar-refractivity contribution in [3.63, 3.8) is 0 Å². The first-order chi connectivity index (χ1) is 11.6. The number of aromatic nitrogens is 2. The zero-order valence-electron chi connectivity index (χ0n) is 14.3. The third-order valence-corrected chi connectivity index (χ3v) is 4.97. The predicted molar refractivity (Wildman–Crippen MR) is 89.5 cm³/mol. The van der Waals surface area contributed by atoms with Crippen molar-refractivity contribution in [2.45, 2.75) is 51.2 Å². The Morgan fingerprint density at radius 3 is 2.96 bits per heavy atom. The van der Waals surface area contributed by atoms with Crippen molar-refractivity contribution in [1.82, 2.24) is 14.7 Å². The number of aryl methyl sites for hydroxylation is 1. The predicted octanol–water partition coefficient (Wildman–Crippen LogP) is 2.83. The van der Waals surface area contributed by atoms with Gasteiger partial charge in [-0.25, -0.2) is 0 Å². The van der Waals surface area contributed by atoms with E-state index in [4.69, 9.17) is 4.42 Å². The van der Waals surface area contributed by atoms with Crippen LogP contribution in [0.2, 0.25) is 0 Å². The summed E-state index contributed by atoms with van der Waals surface area (Å²) >= 11 is 0. The molecule has 1 aliphatic rings. The molecule has 24 heavy (non-hydrogen) atoms. The molecule has 0 aromatic carbocycles. The lowest BCUT2D eigenvalue weighted by Gasteiger charge is -2.31. The molecule has 130 valence electrons. The highest BCUT2D eigenvalue weighted by Crippen LogP contribution is 2.28. The lowest BCUT2D eigenvalue weighted by molar-refractivity contribution is 0.0556. The van der Waals surface area contributed by atoms with Crippen molar-refractivity contribution in [1.29, 1.82) is 0 Å². The zero-order valence-corrected chi connectivity index (χ0v) is 14.3. The lowest BCUT2D eigenvalue weighted by Crippen LogP contribution is -2.41. The second-order valence-corrected chi connectivity index (χ2v) is 6.54. The SMILES string of the molecule is Cc1c(C(=O)N2CCCCC[C@H]2C[C@H](O)c2ccco2)cnn1C. The van der Waals surface area contributed by atoms with Crippen molar-refractivity contribution >= 4 is 5.91 Å². The van der Waals surface area contributed by atoms with Gasteiger partial charge in [0, 0.05) is 31.7 Å². The van der Waals surface area contributed by atoms with E-state index in [2.05, 4.69) is 5.10 Å². The molecule has 0 aliphatic carbocycles. The second kappa shape index (κ2) is 7.21. The highest BCUT2D eigenvalue weighted by molar-refractivity contribution is 5.95. The summed E-state index contributed by atoms with van der Waals surface area (Å²) < 4.78 is 7.02. The third-order valence-electron chi connectivity index (χ3n) is 4.97. The second-order valence-electron chi connectivity index (χ2n) is 6.54. The van der Waals surface area contributed by atoms with Crippen molar-refractivity contribution in [2.75, 3.05) is 6.54 Å². The molecule has 3 rings (SSSR count). The van der Waals surface area contributed by atoms with E-state index >= 15 is 0 Å². The topological polar surface area (TPSA) is 71.5 Å². The standard InChI is InChI=1S/C18H25N3O3/c1-13-15(12-19-20(13)2)18(23)21-9-5-3-4-7-14(21)11-16(22)17-8-6-10-24-17/h6,8,10,12,14,16,22H,3-5,7,9,11H2,1-2H3/t14-,16-/m0/s1. The molecular formula is C18H25N3O3. The molecule has 1 saturated heterocycles. The van der Waals surface area contributed by atoms with Gasteiger partial charge < -0.3 is 14.4 Å². The molecule has 0 radical (unpaired) electrons. The fourth-order valence-corrected chi connectivity index (χ4v) is 3.41. The molecule has 2 atom stereocenters. The summed E-state index contributed by atoms with van der Waals surface area (Å²) in [6, 6.07) is 3.56. The van der Waals surface area contributed by atoms with Gasteiger partial charge in [-0.2, -0.15) is 5.10 Å². The number of nitrogens with zero attached hydrogens (tertiary/aromatic N) is 3. The van der Waals surface area contributed by atoms with Crippen molar-refractivity contribution in [3.05, 3.63) is 41.6 Å². The number of rotatable bonds is 4. The summed E-state index contributed by atoms with van der Waals surface area (Å²) in [5, 5.41) is 14.6. The minimum absolute atomic E-state index is 0.0131. The van der Waals surface area contributed by atoms with Crippen LogP contribution >= 0.6 is 0 Å². The number of likely N-dealkylation sites (tertiary alicyclic amines) is 1. The van der Waals surface area contributed by atoms with Gasteiger partial charge in [0.25, 0.3) is 5.91 Å². The third kappa shape index (κ3) is 3.38. The summed E-state index contributed by atoms with van der Waals surface area (Å²) in [6.07, 6.45) is 7.11. The Bertz CT molecular complexity index is 678. The number of carbonyl (C=O) groups excluding carboxylic acids is 1. The maximum atomic E-state index is 13.0. The summed E-state index contributed by atoms with van der Waals surface area (Å²) in [6.45, 7) is 2.63. The average molecular weight is 331 g/mol. The monoisotopic (exact) mass is 331 g/mol. The molecule has 1 aliphatic heterocycles. The maximum Gasteiger partial charge on any atom is 0.257 e. The molecule has 3 heterocycles. The van der Waals surface area contributed by atoms with E-state index in [1.807, 2.05) is 18.9 Å². The summed E-state index contributed by atoms with van der Waals surface area (Å²) in [5.74, 6) is 0.573. The van der Waals surface area contributed by atoms with E-state index in [0.29, 0.717) is 17.7 Å². The van der Waals surface area contributed by atoms with Crippen LogP contribution in [0.1, 0.15) is 60.0 Å². The molecule has 6 heteroatoms. The molecule has 0 spiro atoms. The van der Waals surface area contributed by atoms with E-state index < -0.39 is 6.10 Å². The first-order valence-corrected chi connectivity index (χ1v) is 8.59. The van der Waals surface area contributed by atoms with Crippen LogP contribution in [0.4, 0.5) is 0 Å². The highest BCUT2D eigenvalue weighted by Gasteiger charge is 2.30. The first-order valence-electron chi connectivity index (χ1n) is 8.59. The Balaban J connectivity index is 1.79. The molecule has 2 aromatic heterocycles. The molecule has 1 N–H and O–H groups in total. The normalized spacial score (nSPS) is 20.0. The number of amides is 1. The number of hydrogen-bond acceptors (Lipinski definition) is 4. The summed E-state index contributed by atoms with van der Waals surface area (Å²) in [7, 11) is 1.84. The van der Waals surface area contributed by atoms with Gasteiger partial charge in [-0.1, -0.05) is 12.8 Å². The van der Waals surface area contributed by atoms with Crippen molar-refractivity contribution in [2.24, 2.45) is 7.05 Å². The zero-order chi connectivity index (χ0) is 17.1. The van der Waals surface area contributed by atoms with Crippen LogP contribution in [-0.2, 0) is 7.05 Å². The molecule has 0 unspecified atom stereocenters. The van der Waals surface area contributed by atoms with E-state index in [1.54, 1.807) is 29.3 Å². The van der Waals surface area contributed by atoms with Crippen LogP contribution < -0.4 is 0 Å². The highest BCUT2D eigenvalue weighted by atomic mass is 16.4. The van der Waals surface area contributed by atoms with Gasteiger partial charge in [-0.3, -0.25) is 9.48 Å². The van der Waals surface area contributed by atoms with Crippen LogP contribution in [0.15, 0.2) is 29.0 Å². The minimum atomic E-state index is -0.687. The van der Waals surface area contributed by atoms with E-state index in [9.17, 15) is 9.90 Å². The van der Waals surface area contributed by atoms with Crippen LogP contribution in [0, 0.1) is 6.92 Å². The van der Waals surface area contributed by atoms with Gasteiger partial charge in [-0.15, -0.1) is 0 Å². The summed E-state index contributed by atoms with van der Waals surface area (Å²) in [5.41, 5.74) is 1.52. The van der Waals surface area contributed by atoms with Gasteiger partial charge in [-0.05, 0) is 31.9 Å². The molecule has 2 aromatic rings. The average Bonchev–Trinajstić information content (AvgIpc) is 3.15. The van der Waals surface area contributed by atoms with Crippen LogP contribution in [0.5, 0.6) is 0 Å². The first kappa shape index (κ1) is 16.8. The van der Waals surface area contributed by atoms with Gasteiger partial charge in [0.1, 0.15) is 11.9 Å². The largest absolute Gasteiger partial charge is 0.467 e. The number of aliphatic hydroxyl groups is 1. The molecule has 0 bridgehead atoms. The van der Waals surface area contributed by atoms with E-state index in [0.717, 1.165) is 37.9 Å². The van der Waals surface area contributed by atoms with Crippen molar-refractivity contribution in [3.8, 4) is 0 Å². The quantitative estimate of drug-likeness (QED) is 0.935. The number of furan rings is 1. The van der Waals surface area contributed by atoms with E-state index in [1.165, 1.54) is 0 Å². The van der Waals surface area contributed by atoms with Crippen LogP contribution in [0.3, 0.4) is 0 Å². The summed E-state index contributed by atoms with van der Waals surface area (Å²) in [4.78, 5) is 15.0. The molecule has 6 nitrogen and oxygen atoms in total. The molecule has 0 saturated carbocycles. The van der Waals surface area contributed by atoms with Crippen LogP contribution in [-0.4, -0.2) is 38.3 Å². The molecule has 1 amide bonds. The van der Waals surface area contributed by atoms with Gasteiger partial charge in [0.05, 0.1) is 18.0 Å². The molecule has 1 fully saturated rings. The number of aliphatic hydroxyl groups excluding tert-OH is 1.